The van der Waals surface area contributed by atoms with Crippen molar-refractivity contribution in [2.75, 3.05) is 20.3 Å². The summed E-state index contributed by atoms with van der Waals surface area (Å²) >= 11 is 0. The van der Waals surface area contributed by atoms with Crippen LogP contribution >= 0.6 is 0 Å². The number of fused-ring (bicyclic) bond motifs is 1. The molecule has 0 N–H and O–H groups in total. The SMILES string of the molecule is COc1ccccc1-n1ccc(C)c(C(=O)N2CCOc3ccccc3C2)c1=O. The summed E-state index contributed by atoms with van der Waals surface area (Å²) in [6.07, 6.45) is 1.67. The van der Waals surface area contributed by atoms with E-state index in [0.717, 1.165) is 11.3 Å². The molecule has 0 aliphatic carbocycles. The lowest BCUT2D eigenvalue weighted by Crippen LogP contribution is -2.38. The van der Waals surface area contributed by atoms with Crippen LogP contribution in [0.3, 0.4) is 0 Å². The Labute approximate surface area is 168 Å². The maximum atomic E-state index is 13.4. The molecule has 4 rings (SSSR count). The van der Waals surface area contributed by atoms with Crippen LogP contribution in [0.5, 0.6) is 11.5 Å². The minimum Gasteiger partial charge on any atom is -0.495 e. The Morgan fingerprint density at radius 2 is 1.83 bits per heavy atom. The van der Waals surface area contributed by atoms with E-state index in [1.54, 1.807) is 43.3 Å². The van der Waals surface area contributed by atoms with Gasteiger partial charge < -0.3 is 14.4 Å². The van der Waals surface area contributed by atoms with Crippen LogP contribution in [0.1, 0.15) is 21.5 Å². The number of carbonyl (C=O) groups excluding carboxylic acids is 1. The van der Waals surface area contributed by atoms with Crippen molar-refractivity contribution in [2.24, 2.45) is 0 Å². The fourth-order valence-corrected chi connectivity index (χ4v) is 3.56. The first kappa shape index (κ1) is 18.8. The third kappa shape index (κ3) is 3.49. The van der Waals surface area contributed by atoms with Gasteiger partial charge in [-0.2, -0.15) is 0 Å². The zero-order valence-electron chi connectivity index (χ0n) is 16.4. The van der Waals surface area contributed by atoms with E-state index >= 15 is 0 Å². The maximum absolute atomic E-state index is 13.4. The average Bonchev–Trinajstić information content (AvgIpc) is 2.96. The highest BCUT2D eigenvalue weighted by molar-refractivity contribution is 5.95. The molecule has 29 heavy (non-hydrogen) atoms. The van der Waals surface area contributed by atoms with E-state index in [2.05, 4.69) is 0 Å². The van der Waals surface area contributed by atoms with E-state index in [1.807, 2.05) is 36.4 Å². The van der Waals surface area contributed by atoms with Crippen LogP contribution in [0.4, 0.5) is 0 Å². The molecule has 1 aromatic heterocycles. The minimum absolute atomic E-state index is 0.165. The topological polar surface area (TPSA) is 60.8 Å². The van der Waals surface area contributed by atoms with Crippen LogP contribution in [-0.4, -0.2) is 35.6 Å². The summed E-state index contributed by atoms with van der Waals surface area (Å²) in [6, 6.07) is 16.7. The summed E-state index contributed by atoms with van der Waals surface area (Å²) in [5, 5.41) is 0. The largest absolute Gasteiger partial charge is 0.495 e. The van der Waals surface area contributed by atoms with Gasteiger partial charge in [0.05, 0.1) is 19.3 Å². The van der Waals surface area contributed by atoms with Crippen LogP contribution in [0.15, 0.2) is 65.6 Å². The van der Waals surface area contributed by atoms with Crippen molar-refractivity contribution in [3.05, 3.63) is 87.8 Å². The molecule has 2 aromatic carbocycles. The number of benzene rings is 2. The highest BCUT2D eigenvalue weighted by Crippen LogP contribution is 2.24. The van der Waals surface area contributed by atoms with Crippen LogP contribution in [0.2, 0.25) is 0 Å². The fourth-order valence-electron chi connectivity index (χ4n) is 3.56. The van der Waals surface area contributed by atoms with Gasteiger partial charge in [0, 0.05) is 18.3 Å². The molecule has 0 fully saturated rings. The van der Waals surface area contributed by atoms with Crippen LogP contribution in [-0.2, 0) is 6.54 Å². The van der Waals surface area contributed by atoms with E-state index in [9.17, 15) is 9.59 Å². The summed E-state index contributed by atoms with van der Waals surface area (Å²) in [4.78, 5) is 28.3. The molecule has 3 aromatic rings. The molecule has 2 heterocycles. The summed E-state index contributed by atoms with van der Waals surface area (Å²) in [7, 11) is 1.55. The lowest BCUT2D eigenvalue weighted by Gasteiger charge is -2.21. The van der Waals surface area contributed by atoms with Crippen LogP contribution in [0.25, 0.3) is 5.69 Å². The molecule has 1 aliphatic heterocycles. The number of hydrogen-bond donors (Lipinski definition) is 0. The highest BCUT2D eigenvalue weighted by Gasteiger charge is 2.25. The number of pyridine rings is 1. The Balaban J connectivity index is 1.75. The van der Waals surface area contributed by atoms with Gasteiger partial charge in [-0.05, 0) is 36.8 Å². The second-order valence-electron chi connectivity index (χ2n) is 6.90. The Morgan fingerprint density at radius 1 is 1.07 bits per heavy atom. The third-order valence-electron chi connectivity index (χ3n) is 5.10. The molecule has 0 atom stereocenters. The summed E-state index contributed by atoms with van der Waals surface area (Å²) in [5.74, 6) is 1.05. The molecule has 1 aliphatic rings. The zero-order valence-corrected chi connectivity index (χ0v) is 16.4. The Hall–Kier alpha value is -3.54. The Bertz CT molecular complexity index is 1120. The summed E-state index contributed by atoms with van der Waals surface area (Å²) < 4.78 is 12.6. The summed E-state index contributed by atoms with van der Waals surface area (Å²) in [6.45, 7) is 2.98. The molecule has 0 unspecified atom stereocenters. The number of amides is 1. The lowest BCUT2D eigenvalue weighted by atomic mass is 10.1. The number of nitrogens with zero attached hydrogens (tertiary/aromatic N) is 2. The number of carbonyl (C=O) groups is 1. The standard InChI is InChI=1S/C23H22N2O4/c1-16-11-12-25(18-8-4-6-10-20(18)28-2)23(27)21(16)22(26)24-13-14-29-19-9-5-3-7-17(19)15-24/h3-12H,13-15H2,1-2H3. The zero-order chi connectivity index (χ0) is 20.4. The molecule has 6 nitrogen and oxygen atoms in total. The molecule has 0 saturated carbocycles. The molecule has 6 heteroatoms. The molecular formula is C23H22N2O4. The monoisotopic (exact) mass is 390 g/mol. The van der Waals surface area contributed by atoms with Gasteiger partial charge in [-0.25, -0.2) is 0 Å². The first-order valence-electron chi connectivity index (χ1n) is 9.46. The Morgan fingerprint density at radius 3 is 2.66 bits per heavy atom. The minimum atomic E-state index is -0.363. The molecule has 0 spiro atoms. The predicted molar refractivity (Wildman–Crippen MR) is 110 cm³/mol. The van der Waals surface area contributed by atoms with Gasteiger partial charge in [-0.1, -0.05) is 30.3 Å². The second-order valence-corrected chi connectivity index (χ2v) is 6.90. The molecular weight excluding hydrogens is 368 g/mol. The van der Waals surface area contributed by atoms with E-state index in [1.165, 1.54) is 4.57 Å². The first-order valence-corrected chi connectivity index (χ1v) is 9.46. The van der Waals surface area contributed by atoms with Crippen molar-refractivity contribution in [1.82, 2.24) is 9.47 Å². The van der Waals surface area contributed by atoms with Crippen molar-refractivity contribution in [1.29, 1.82) is 0 Å². The van der Waals surface area contributed by atoms with E-state index in [0.29, 0.717) is 36.7 Å². The maximum Gasteiger partial charge on any atom is 0.268 e. The van der Waals surface area contributed by atoms with Crippen LogP contribution < -0.4 is 15.0 Å². The molecule has 1 amide bonds. The quantitative estimate of drug-likeness (QED) is 0.689. The average molecular weight is 390 g/mol. The fraction of sp³-hybridized carbons (Fsp3) is 0.217. The molecule has 0 radical (unpaired) electrons. The molecule has 0 bridgehead atoms. The van der Waals surface area contributed by atoms with E-state index < -0.39 is 0 Å². The van der Waals surface area contributed by atoms with Gasteiger partial charge in [0.15, 0.2) is 0 Å². The van der Waals surface area contributed by atoms with E-state index in [4.69, 9.17) is 9.47 Å². The van der Waals surface area contributed by atoms with Gasteiger partial charge in [-0.3, -0.25) is 14.2 Å². The number of hydrogen-bond acceptors (Lipinski definition) is 4. The first-order chi connectivity index (χ1) is 14.1. The van der Waals surface area contributed by atoms with Crippen molar-refractivity contribution in [3.63, 3.8) is 0 Å². The van der Waals surface area contributed by atoms with Crippen molar-refractivity contribution >= 4 is 5.91 Å². The Kier molecular flexibility index (Phi) is 5.08. The molecule has 0 saturated heterocycles. The summed E-state index contributed by atoms with van der Waals surface area (Å²) in [5.41, 5.74) is 1.97. The van der Waals surface area contributed by atoms with Gasteiger partial charge >= 0.3 is 0 Å². The number of ether oxygens (including phenoxy) is 2. The smallest absolute Gasteiger partial charge is 0.268 e. The van der Waals surface area contributed by atoms with Crippen molar-refractivity contribution in [3.8, 4) is 17.2 Å². The second kappa shape index (κ2) is 7.83. The van der Waals surface area contributed by atoms with Crippen LogP contribution in [0, 0.1) is 6.92 Å². The normalized spacial score (nSPS) is 13.2. The van der Waals surface area contributed by atoms with Gasteiger partial charge in [-0.15, -0.1) is 0 Å². The predicted octanol–water partition coefficient (Wildman–Crippen LogP) is 3.19. The van der Waals surface area contributed by atoms with Crippen molar-refractivity contribution in [2.45, 2.75) is 13.5 Å². The van der Waals surface area contributed by atoms with Gasteiger partial charge in [0.2, 0.25) is 0 Å². The number of methoxy groups -OCH3 is 1. The number of para-hydroxylation sites is 3. The number of aromatic nitrogens is 1. The number of aryl methyl sites for hydroxylation is 1. The molecule has 148 valence electrons. The van der Waals surface area contributed by atoms with Gasteiger partial charge in [0.1, 0.15) is 23.7 Å². The van der Waals surface area contributed by atoms with E-state index in [-0.39, 0.29) is 17.0 Å². The lowest BCUT2D eigenvalue weighted by molar-refractivity contribution is 0.0730. The third-order valence-corrected chi connectivity index (χ3v) is 5.10. The van der Waals surface area contributed by atoms with Crippen molar-refractivity contribution < 1.29 is 14.3 Å². The number of rotatable bonds is 3. The highest BCUT2D eigenvalue weighted by atomic mass is 16.5. The van der Waals surface area contributed by atoms with Gasteiger partial charge in [0.25, 0.3) is 11.5 Å².